The Balaban J connectivity index is 1.80. The third-order valence-corrected chi connectivity index (χ3v) is 4.10. The van der Waals surface area contributed by atoms with Gasteiger partial charge in [-0.1, -0.05) is 18.0 Å². The number of hydrogen-bond donors (Lipinski definition) is 1. The zero-order valence-electron chi connectivity index (χ0n) is 12.6. The second-order valence-electron chi connectivity index (χ2n) is 5.58. The summed E-state index contributed by atoms with van der Waals surface area (Å²) in [6, 6.07) is 0.797. The molecule has 8 heteroatoms. The summed E-state index contributed by atoms with van der Waals surface area (Å²) >= 11 is 5.78. The van der Waals surface area contributed by atoms with Gasteiger partial charge in [0.05, 0.1) is 22.7 Å². The fourth-order valence-electron chi connectivity index (χ4n) is 2.50. The molecule has 128 valence electrons. The molecule has 0 radical (unpaired) electrons. The Morgan fingerprint density at radius 2 is 2.00 bits per heavy atom. The second-order valence-corrected chi connectivity index (χ2v) is 5.99. The Labute approximate surface area is 138 Å². The Hall–Kier alpha value is -1.34. The third-order valence-electron chi connectivity index (χ3n) is 3.77. The maximum atomic E-state index is 12.5. The van der Waals surface area contributed by atoms with Crippen LogP contribution in [-0.4, -0.2) is 42.0 Å². The van der Waals surface area contributed by atoms with E-state index in [2.05, 4.69) is 15.2 Å². The molecule has 0 spiro atoms. The van der Waals surface area contributed by atoms with Crippen LogP contribution in [0.15, 0.2) is 12.3 Å². The summed E-state index contributed by atoms with van der Waals surface area (Å²) in [5.74, 6) is -0.295. The molecule has 1 N–H and O–H groups in total. The van der Waals surface area contributed by atoms with E-state index in [9.17, 15) is 18.0 Å². The van der Waals surface area contributed by atoms with E-state index in [0.29, 0.717) is 12.7 Å². The number of piperidine rings is 1. The van der Waals surface area contributed by atoms with E-state index >= 15 is 0 Å². The first-order valence-electron chi connectivity index (χ1n) is 7.57. The largest absolute Gasteiger partial charge is 0.417 e. The molecule has 0 aromatic carbocycles. The van der Waals surface area contributed by atoms with Gasteiger partial charge in [0.25, 0.3) is 0 Å². The van der Waals surface area contributed by atoms with Crippen molar-refractivity contribution in [2.45, 2.75) is 31.9 Å². The normalized spacial score (nSPS) is 16.3. The zero-order valence-corrected chi connectivity index (χ0v) is 13.4. The van der Waals surface area contributed by atoms with Crippen molar-refractivity contribution in [2.75, 3.05) is 26.2 Å². The Morgan fingerprint density at radius 1 is 1.30 bits per heavy atom. The van der Waals surface area contributed by atoms with Crippen molar-refractivity contribution in [2.24, 2.45) is 0 Å². The van der Waals surface area contributed by atoms with Gasteiger partial charge in [0.2, 0.25) is 5.91 Å². The highest BCUT2D eigenvalue weighted by Gasteiger charge is 2.31. The molecular formula is C15H19ClF3N3O. The van der Waals surface area contributed by atoms with Crippen LogP contribution in [0.5, 0.6) is 0 Å². The van der Waals surface area contributed by atoms with Gasteiger partial charge in [0.15, 0.2) is 0 Å². The standard InChI is InChI=1S/C15H19ClF3N3O/c16-12-8-11(15(17,18)19)10-21-13(12)9-14(23)20-4-7-22-5-2-1-3-6-22/h8,10H,1-7,9H2,(H,20,23). The molecule has 1 fully saturated rings. The molecule has 4 nitrogen and oxygen atoms in total. The molecule has 0 atom stereocenters. The lowest BCUT2D eigenvalue weighted by molar-refractivity contribution is -0.137. The third kappa shape index (κ3) is 5.66. The lowest BCUT2D eigenvalue weighted by Crippen LogP contribution is -2.38. The van der Waals surface area contributed by atoms with Crippen LogP contribution in [-0.2, 0) is 17.4 Å². The Bertz CT molecular complexity index is 545. The molecule has 1 amide bonds. The fourth-order valence-corrected chi connectivity index (χ4v) is 2.74. The Morgan fingerprint density at radius 3 is 2.61 bits per heavy atom. The highest BCUT2D eigenvalue weighted by molar-refractivity contribution is 6.31. The van der Waals surface area contributed by atoms with Crippen LogP contribution in [0.4, 0.5) is 13.2 Å². The van der Waals surface area contributed by atoms with Crippen molar-refractivity contribution >= 4 is 17.5 Å². The second kappa shape index (κ2) is 7.97. The van der Waals surface area contributed by atoms with Gasteiger partial charge in [-0.15, -0.1) is 0 Å². The van der Waals surface area contributed by atoms with E-state index in [1.54, 1.807) is 0 Å². The molecular weight excluding hydrogens is 331 g/mol. The fraction of sp³-hybridized carbons (Fsp3) is 0.600. The van der Waals surface area contributed by atoms with Crippen molar-refractivity contribution in [1.82, 2.24) is 15.2 Å². The maximum absolute atomic E-state index is 12.5. The molecule has 1 aliphatic heterocycles. The predicted octanol–water partition coefficient (Wildman–Crippen LogP) is 2.90. The van der Waals surface area contributed by atoms with Gasteiger partial charge >= 0.3 is 6.18 Å². The van der Waals surface area contributed by atoms with Crippen molar-refractivity contribution < 1.29 is 18.0 Å². The monoisotopic (exact) mass is 349 g/mol. The maximum Gasteiger partial charge on any atom is 0.417 e. The number of halogens is 4. The number of carbonyl (C=O) groups is 1. The van der Waals surface area contributed by atoms with Crippen molar-refractivity contribution in [3.63, 3.8) is 0 Å². The number of likely N-dealkylation sites (tertiary alicyclic amines) is 1. The van der Waals surface area contributed by atoms with Crippen LogP contribution in [0.3, 0.4) is 0 Å². The lowest BCUT2D eigenvalue weighted by atomic mass is 10.1. The zero-order chi connectivity index (χ0) is 16.9. The number of nitrogens with zero attached hydrogens (tertiary/aromatic N) is 2. The van der Waals surface area contributed by atoms with Crippen LogP contribution in [0.25, 0.3) is 0 Å². The number of aromatic nitrogens is 1. The molecule has 1 saturated heterocycles. The van der Waals surface area contributed by atoms with E-state index in [1.807, 2.05) is 0 Å². The molecule has 2 heterocycles. The summed E-state index contributed by atoms with van der Waals surface area (Å²) in [6.45, 7) is 3.38. The Kier molecular flexibility index (Phi) is 6.24. The number of carbonyl (C=O) groups excluding carboxylic acids is 1. The highest BCUT2D eigenvalue weighted by Crippen LogP contribution is 2.31. The summed E-state index contributed by atoms with van der Waals surface area (Å²) < 4.78 is 37.6. The number of amides is 1. The van der Waals surface area contributed by atoms with E-state index in [-0.39, 0.29) is 23.0 Å². The number of pyridine rings is 1. The summed E-state index contributed by atoms with van der Waals surface area (Å²) in [5.41, 5.74) is -0.771. The highest BCUT2D eigenvalue weighted by atomic mass is 35.5. The molecule has 1 aromatic rings. The van der Waals surface area contributed by atoms with E-state index in [1.165, 1.54) is 19.3 Å². The van der Waals surface area contributed by atoms with Crippen molar-refractivity contribution in [1.29, 1.82) is 0 Å². The van der Waals surface area contributed by atoms with Gasteiger partial charge < -0.3 is 10.2 Å². The van der Waals surface area contributed by atoms with Gasteiger partial charge in [0, 0.05) is 19.3 Å². The van der Waals surface area contributed by atoms with Crippen LogP contribution >= 0.6 is 11.6 Å². The van der Waals surface area contributed by atoms with Crippen LogP contribution in [0, 0.1) is 0 Å². The number of hydrogen-bond acceptors (Lipinski definition) is 3. The molecule has 0 bridgehead atoms. The van der Waals surface area contributed by atoms with Gasteiger partial charge in [0.1, 0.15) is 0 Å². The summed E-state index contributed by atoms with van der Waals surface area (Å²) in [5, 5.41) is 2.60. The smallest absolute Gasteiger partial charge is 0.354 e. The molecule has 23 heavy (non-hydrogen) atoms. The topological polar surface area (TPSA) is 45.2 Å². The first-order valence-corrected chi connectivity index (χ1v) is 7.95. The van der Waals surface area contributed by atoms with Crippen LogP contribution < -0.4 is 5.32 Å². The first kappa shape index (κ1) is 18.0. The summed E-state index contributed by atoms with van der Waals surface area (Å²) in [4.78, 5) is 17.8. The van der Waals surface area contributed by atoms with Gasteiger partial charge in [-0.2, -0.15) is 13.2 Å². The first-order chi connectivity index (χ1) is 10.9. The minimum absolute atomic E-state index is 0.128. The minimum atomic E-state index is -4.49. The van der Waals surface area contributed by atoms with Crippen LogP contribution in [0.2, 0.25) is 5.02 Å². The SMILES string of the molecule is O=C(Cc1ncc(C(F)(F)F)cc1Cl)NCCN1CCCCC1. The average molecular weight is 350 g/mol. The van der Waals surface area contributed by atoms with Gasteiger partial charge in [-0.05, 0) is 32.0 Å². The molecule has 1 aromatic heterocycles. The molecule has 2 rings (SSSR count). The average Bonchev–Trinajstić information content (AvgIpc) is 2.49. The quantitative estimate of drug-likeness (QED) is 0.889. The molecule has 1 aliphatic rings. The summed E-state index contributed by atoms with van der Waals surface area (Å²) in [7, 11) is 0. The number of alkyl halides is 3. The summed E-state index contributed by atoms with van der Waals surface area (Å²) in [6.07, 6.45) is -0.315. The molecule has 0 saturated carbocycles. The van der Waals surface area contributed by atoms with Crippen molar-refractivity contribution in [3.8, 4) is 0 Å². The van der Waals surface area contributed by atoms with E-state index in [4.69, 9.17) is 11.6 Å². The van der Waals surface area contributed by atoms with E-state index in [0.717, 1.165) is 25.7 Å². The number of nitrogens with one attached hydrogen (secondary N) is 1. The molecule has 0 aliphatic carbocycles. The van der Waals surface area contributed by atoms with E-state index < -0.39 is 11.7 Å². The van der Waals surface area contributed by atoms with Gasteiger partial charge in [-0.3, -0.25) is 9.78 Å². The van der Waals surface area contributed by atoms with Crippen LogP contribution in [0.1, 0.15) is 30.5 Å². The minimum Gasteiger partial charge on any atom is -0.354 e. The predicted molar refractivity (Wildman–Crippen MR) is 81.3 cm³/mol. The molecule has 0 unspecified atom stereocenters. The van der Waals surface area contributed by atoms with Crippen molar-refractivity contribution in [3.05, 3.63) is 28.5 Å². The number of rotatable bonds is 5. The lowest BCUT2D eigenvalue weighted by Gasteiger charge is -2.26. The van der Waals surface area contributed by atoms with Gasteiger partial charge in [-0.25, -0.2) is 0 Å².